The predicted molar refractivity (Wildman–Crippen MR) is 105 cm³/mol. The second kappa shape index (κ2) is 8.69. The Balaban J connectivity index is 2.07. The van der Waals surface area contributed by atoms with E-state index >= 15 is 4.39 Å². The summed E-state index contributed by atoms with van der Waals surface area (Å²) in [6.07, 6.45) is -2.74. The molecular weight excluding hydrogens is 422 g/mol. The average Bonchev–Trinajstić information content (AvgIpc) is 2.70. The molecule has 0 aromatic heterocycles. The van der Waals surface area contributed by atoms with E-state index in [1.807, 2.05) is 6.92 Å². The van der Waals surface area contributed by atoms with Crippen molar-refractivity contribution in [3.05, 3.63) is 77.1 Å². The van der Waals surface area contributed by atoms with Crippen LogP contribution in [-0.4, -0.2) is 17.9 Å². The lowest BCUT2D eigenvalue weighted by Crippen LogP contribution is -2.34. The van der Waals surface area contributed by atoms with E-state index in [0.29, 0.717) is 18.4 Å². The van der Waals surface area contributed by atoms with Crippen LogP contribution in [0.3, 0.4) is 0 Å². The Morgan fingerprint density at radius 3 is 2.39 bits per heavy atom. The monoisotopic (exact) mass is 442 g/mol. The summed E-state index contributed by atoms with van der Waals surface area (Å²) in [7, 11) is 0. The summed E-state index contributed by atoms with van der Waals surface area (Å²) in [4.78, 5) is 0. The largest absolute Gasteiger partial charge is 0.507 e. The van der Waals surface area contributed by atoms with Gasteiger partial charge in [-0.15, -0.1) is 0 Å². The van der Waals surface area contributed by atoms with Crippen LogP contribution in [-0.2, 0) is 11.8 Å². The Morgan fingerprint density at radius 1 is 1.10 bits per heavy atom. The highest BCUT2D eigenvalue weighted by Gasteiger charge is 2.48. The van der Waals surface area contributed by atoms with Gasteiger partial charge in [-0.3, -0.25) is 0 Å². The van der Waals surface area contributed by atoms with Gasteiger partial charge in [0.2, 0.25) is 0 Å². The molecule has 1 aliphatic rings. The van der Waals surface area contributed by atoms with Gasteiger partial charge in [-0.2, -0.15) is 13.2 Å². The zero-order chi connectivity index (χ0) is 22.8. The first kappa shape index (κ1) is 22.8. The molecular formula is C23H20F6O2. The van der Waals surface area contributed by atoms with Gasteiger partial charge in [-0.05, 0) is 42.3 Å². The van der Waals surface area contributed by atoms with Crippen LogP contribution in [0.5, 0.6) is 11.5 Å². The first-order chi connectivity index (χ1) is 14.6. The van der Waals surface area contributed by atoms with Crippen LogP contribution in [0, 0.1) is 5.82 Å². The fraction of sp³-hybridized carbons (Fsp3) is 0.304. The smallest absolute Gasteiger partial charge is 0.422 e. The predicted octanol–water partition coefficient (Wildman–Crippen LogP) is 6.89. The van der Waals surface area contributed by atoms with Crippen LogP contribution in [0.15, 0.2) is 54.6 Å². The number of phenolic OH excluding ortho intramolecular Hbond substituents is 1. The molecule has 0 amide bonds. The zero-order valence-corrected chi connectivity index (χ0v) is 16.5. The third-order valence-electron chi connectivity index (χ3n) is 5.05. The summed E-state index contributed by atoms with van der Waals surface area (Å²) in [6.45, 7) is 2.42. The summed E-state index contributed by atoms with van der Waals surface area (Å²) in [5.41, 5.74) is -6.50. The van der Waals surface area contributed by atoms with Gasteiger partial charge in [-0.25, -0.2) is 13.2 Å². The number of unbranched alkanes of at least 4 members (excludes halogenated alkanes) is 1. The number of allylic oxidation sites excluding steroid dienone is 4. The summed E-state index contributed by atoms with van der Waals surface area (Å²) in [6, 6.07) is 6.76. The minimum Gasteiger partial charge on any atom is -0.507 e. The zero-order valence-electron chi connectivity index (χ0n) is 16.5. The minimum atomic E-state index is -5.22. The number of phenols is 1. The van der Waals surface area contributed by atoms with Crippen LogP contribution in [0.25, 0.3) is 5.57 Å². The van der Waals surface area contributed by atoms with E-state index in [-0.39, 0.29) is 5.56 Å². The van der Waals surface area contributed by atoms with E-state index < -0.39 is 46.3 Å². The molecule has 2 aromatic carbocycles. The first-order valence-electron chi connectivity index (χ1n) is 9.65. The number of alkyl halides is 5. The van der Waals surface area contributed by atoms with Gasteiger partial charge >= 0.3 is 6.18 Å². The molecule has 2 atom stereocenters. The fourth-order valence-electron chi connectivity index (χ4n) is 3.42. The summed E-state index contributed by atoms with van der Waals surface area (Å²) in [5, 5.41) is 9.49. The number of halogens is 6. The van der Waals surface area contributed by atoms with Gasteiger partial charge in [0.25, 0.3) is 0 Å². The van der Waals surface area contributed by atoms with E-state index in [2.05, 4.69) is 0 Å². The van der Waals surface area contributed by atoms with Gasteiger partial charge < -0.3 is 9.84 Å². The number of benzene rings is 2. The van der Waals surface area contributed by atoms with Gasteiger partial charge in [0, 0.05) is 11.1 Å². The Kier molecular flexibility index (Phi) is 6.38. The average molecular weight is 442 g/mol. The molecule has 0 fully saturated rings. The lowest BCUT2D eigenvalue weighted by Gasteiger charge is -2.33. The number of rotatable bonds is 6. The molecule has 0 heterocycles. The van der Waals surface area contributed by atoms with Crippen molar-refractivity contribution in [1.82, 2.24) is 0 Å². The Morgan fingerprint density at radius 2 is 1.77 bits per heavy atom. The van der Waals surface area contributed by atoms with Crippen molar-refractivity contribution in [2.24, 2.45) is 0 Å². The molecule has 0 radical (unpaired) electrons. The van der Waals surface area contributed by atoms with E-state index in [9.17, 15) is 27.1 Å². The summed E-state index contributed by atoms with van der Waals surface area (Å²) >= 11 is 0. The molecule has 2 aromatic rings. The highest BCUT2D eigenvalue weighted by atomic mass is 19.4. The summed E-state index contributed by atoms with van der Waals surface area (Å²) in [5.74, 6) is -2.79. The fourth-order valence-corrected chi connectivity index (χ4v) is 3.42. The highest BCUT2D eigenvalue weighted by molar-refractivity contribution is 5.79. The van der Waals surface area contributed by atoms with Crippen molar-refractivity contribution in [3.8, 4) is 11.5 Å². The number of hydrogen-bond donors (Lipinski definition) is 1. The molecule has 8 heteroatoms. The maximum atomic E-state index is 16.1. The minimum absolute atomic E-state index is 0.209. The van der Waals surface area contributed by atoms with Crippen LogP contribution < -0.4 is 4.74 Å². The second-order valence-corrected chi connectivity index (χ2v) is 7.12. The third-order valence-corrected chi connectivity index (χ3v) is 5.05. The Bertz CT molecular complexity index is 994. The second-order valence-electron chi connectivity index (χ2n) is 7.12. The molecule has 166 valence electrons. The first-order valence-corrected chi connectivity index (χ1v) is 9.65. The van der Waals surface area contributed by atoms with E-state index in [0.717, 1.165) is 37.1 Å². The van der Waals surface area contributed by atoms with E-state index in [1.165, 1.54) is 24.3 Å². The maximum Gasteiger partial charge on any atom is 0.422 e. The number of ether oxygens (including phenoxy) is 1. The van der Waals surface area contributed by atoms with Gasteiger partial charge in [0.15, 0.2) is 11.8 Å². The third kappa shape index (κ3) is 4.29. The van der Waals surface area contributed by atoms with E-state index in [4.69, 9.17) is 4.74 Å². The normalized spacial score (nSPS) is 21.1. The van der Waals surface area contributed by atoms with Crippen molar-refractivity contribution in [2.45, 2.75) is 37.8 Å². The Labute approximate surface area is 175 Å². The molecule has 0 spiro atoms. The summed E-state index contributed by atoms with van der Waals surface area (Å²) < 4.78 is 90.9. The highest BCUT2D eigenvalue weighted by Crippen LogP contribution is 2.49. The molecule has 0 saturated heterocycles. The molecule has 31 heavy (non-hydrogen) atoms. The van der Waals surface area contributed by atoms with Crippen molar-refractivity contribution in [3.63, 3.8) is 0 Å². The molecule has 0 saturated carbocycles. The van der Waals surface area contributed by atoms with Gasteiger partial charge in [0.05, 0.1) is 6.61 Å². The van der Waals surface area contributed by atoms with Crippen molar-refractivity contribution in [1.29, 1.82) is 0 Å². The Hall–Kier alpha value is -2.90. The molecule has 0 bridgehead atoms. The van der Waals surface area contributed by atoms with Gasteiger partial charge in [-0.1, -0.05) is 37.6 Å². The van der Waals surface area contributed by atoms with Crippen LogP contribution in [0.4, 0.5) is 26.3 Å². The molecule has 2 unspecified atom stereocenters. The molecule has 2 nitrogen and oxygen atoms in total. The van der Waals surface area contributed by atoms with Crippen molar-refractivity contribution >= 4 is 5.57 Å². The SMILES string of the molecule is CCCCOc1ccc(C2(F)C(c3ccc(O)c(C(F)(F)F)c3F)=CC=CC2F)cc1. The topological polar surface area (TPSA) is 29.5 Å². The van der Waals surface area contributed by atoms with Crippen molar-refractivity contribution in [2.75, 3.05) is 6.61 Å². The van der Waals surface area contributed by atoms with Gasteiger partial charge in [0.1, 0.15) is 22.9 Å². The molecule has 1 aliphatic carbocycles. The van der Waals surface area contributed by atoms with Crippen LogP contribution >= 0.6 is 0 Å². The number of hydrogen-bond acceptors (Lipinski definition) is 2. The van der Waals surface area contributed by atoms with E-state index in [1.54, 1.807) is 0 Å². The molecule has 0 aliphatic heterocycles. The molecule has 3 rings (SSSR count). The lowest BCUT2D eigenvalue weighted by atomic mass is 9.77. The quantitative estimate of drug-likeness (QED) is 0.390. The van der Waals surface area contributed by atoms with Crippen molar-refractivity contribution < 1.29 is 36.2 Å². The maximum absolute atomic E-state index is 16.1. The van der Waals surface area contributed by atoms with Crippen LogP contribution in [0.1, 0.15) is 36.5 Å². The lowest BCUT2D eigenvalue weighted by molar-refractivity contribution is -0.141. The standard InChI is InChI=1S/C23H20F6O2/c1-2-3-13-31-15-9-7-14(8-10-15)22(26)17(5-4-6-19(22)24)16-11-12-18(30)20(21(16)25)23(27,28)29/h4-12,19,30H,2-3,13H2,1H3. The molecule has 1 N–H and O–H groups in total. The number of aromatic hydroxyl groups is 1. The van der Waals surface area contributed by atoms with Crippen LogP contribution in [0.2, 0.25) is 0 Å².